The average Bonchev–Trinajstić information content (AvgIpc) is 2.41. The molecule has 0 radical (unpaired) electrons. The Morgan fingerprint density at radius 3 is 2.63 bits per heavy atom. The molecule has 19 heavy (non-hydrogen) atoms. The molecule has 1 aromatic heterocycles. The third-order valence-corrected chi connectivity index (χ3v) is 2.90. The fourth-order valence-corrected chi connectivity index (χ4v) is 1.97. The fourth-order valence-electron chi connectivity index (χ4n) is 1.97. The molecule has 2 aromatic rings. The summed E-state index contributed by atoms with van der Waals surface area (Å²) in [5, 5.41) is 0. The first-order valence-corrected chi connectivity index (χ1v) is 5.89. The molecule has 5 heteroatoms. The number of hydrogen-bond donors (Lipinski definition) is 2. The summed E-state index contributed by atoms with van der Waals surface area (Å²) < 4.78 is 19.2. The molecule has 1 unspecified atom stereocenters. The standard InChI is InChI=1S/C14H16FN3O/c1-9-5-3-7-11(17-9)14(18-16)10-6-4-8-12(19-2)13(10)15/h3-8,14,18H,16H2,1-2H3. The molecular formula is C14H16FN3O. The van der Waals surface area contributed by atoms with Gasteiger partial charge in [-0.15, -0.1) is 0 Å². The van der Waals surface area contributed by atoms with Crippen LogP contribution in [0, 0.1) is 12.7 Å². The Kier molecular flexibility index (Phi) is 4.09. The molecule has 0 aliphatic rings. The van der Waals surface area contributed by atoms with Crippen molar-refractivity contribution in [2.45, 2.75) is 13.0 Å². The molecule has 0 spiro atoms. The van der Waals surface area contributed by atoms with Crippen molar-refractivity contribution in [1.29, 1.82) is 0 Å². The number of hydrogen-bond acceptors (Lipinski definition) is 4. The molecule has 0 saturated heterocycles. The quantitative estimate of drug-likeness (QED) is 0.653. The molecule has 1 atom stereocenters. The van der Waals surface area contributed by atoms with E-state index < -0.39 is 11.9 Å². The van der Waals surface area contributed by atoms with Crippen molar-refractivity contribution in [2.75, 3.05) is 7.11 Å². The van der Waals surface area contributed by atoms with E-state index in [1.54, 1.807) is 24.3 Å². The number of nitrogens with two attached hydrogens (primary N) is 1. The summed E-state index contributed by atoms with van der Waals surface area (Å²) in [7, 11) is 1.43. The summed E-state index contributed by atoms with van der Waals surface area (Å²) in [6.45, 7) is 1.87. The number of aromatic nitrogens is 1. The minimum absolute atomic E-state index is 0.186. The van der Waals surface area contributed by atoms with E-state index >= 15 is 0 Å². The van der Waals surface area contributed by atoms with E-state index in [1.165, 1.54) is 7.11 Å². The van der Waals surface area contributed by atoms with Gasteiger partial charge in [-0.2, -0.15) is 0 Å². The summed E-state index contributed by atoms with van der Waals surface area (Å²) in [5.41, 5.74) is 4.51. The number of rotatable bonds is 4. The number of ether oxygens (including phenoxy) is 1. The lowest BCUT2D eigenvalue weighted by molar-refractivity contribution is 0.381. The van der Waals surface area contributed by atoms with Crippen LogP contribution in [0.4, 0.5) is 4.39 Å². The lowest BCUT2D eigenvalue weighted by Crippen LogP contribution is -2.30. The van der Waals surface area contributed by atoms with Crippen molar-refractivity contribution < 1.29 is 9.13 Å². The number of pyridine rings is 1. The number of hydrazine groups is 1. The lowest BCUT2D eigenvalue weighted by Gasteiger charge is -2.18. The Morgan fingerprint density at radius 2 is 2.00 bits per heavy atom. The normalized spacial score (nSPS) is 12.2. The average molecular weight is 261 g/mol. The number of aryl methyl sites for hydroxylation is 1. The summed E-state index contributed by atoms with van der Waals surface area (Å²) in [6.07, 6.45) is 0. The van der Waals surface area contributed by atoms with Crippen molar-refractivity contribution in [3.8, 4) is 5.75 Å². The van der Waals surface area contributed by atoms with Gasteiger partial charge in [0.05, 0.1) is 18.8 Å². The van der Waals surface area contributed by atoms with Crippen LogP contribution in [0.1, 0.15) is 23.0 Å². The SMILES string of the molecule is COc1cccc(C(NN)c2cccc(C)n2)c1F. The van der Waals surface area contributed by atoms with E-state index in [0.717, 1.165) is 5.69 Å². The number of nitrogens with one attached hydrogen (secondary N) is 1. The molecule has 0 aliphatic carbocycles. The van der Waals surface area contributed by atoms with Crippen LogP contribution in [0.3, 0.4) is 0 Å². The van der Waals surface area contributed by atoms with E-state index in [0.29, 0.717) is 11.3 Å². The topological polar surface area (TPSA) is 60.2 Å². The number of methoxy groups -OCH3 is 1. The monoisotopic (exact) mass is 261 g/mol. The summed E-state index contributed by atoms with van der Waals surface area (Å²) >= 11 is 0. The van der Waals surface area contributed by atoms with Crippen LogP contribution in [-0.2, 0) is 0 Å². The van der Waals surface area contributed by atoms with Crippen molar-refractivity contribution in [2.24, 2.45) is 5.84 Å². The molecule has 3 N–H and O–H groups in total. The maximum absolute atomic E-state index is 14.2. The summed E-state index contributed by atoms with van der Waals surface area (Å²) in [4.78, 5) is 4.37. The van der Waals surface area contributed by atoms with Gasteiger partial charge in [0.2, 0.25) is 0 Å². The van der Waals surface area contributed by atoms with Crippen LogP contribution >= 0.6 is 0 Å². The predicted octanol–water partition coefficient (Wildman–Crippen LogP) is 2.09. The van der Waals surface area contributed by atoms with E-state index in [4.69, 9.17) is 10.6 Å². The molecule has 0 bridgehead atoms. The van der Waals surface area contributed by atoms with E-state index in [2.05, 4.69) is 10.4 Å². The lowest BCUT2D eigenvalue weighted by atomic mass is 10.0. The number of benzene rings is 1. The number of nitrogens with zero attached hydrogens (tertiary/aromatic N) is 1. The Bertz CT molecular complexity index is 574. The van der Waals surface area contributed by atoms with Gasteiger partial charge in [-0.1, -0.05) is 18.2 Å². The molecule has 1 heterocycles. The third-order valence-electron chi connectivity index (χ3n) is 2.90. The highest BCUT2D eigenvalue weighted by Gasteiger charge is 2.20. The zero-order valence-corrected chi connectivity index (χ0v) is 10.9. The maximum atomic E-state index is 14.2. The van der Waals surface area contributed by atoms with Crippen LogP contribution in [0.15, 0.2) is 36.4 Å². The highest BCUT2D eigenvalue weighted by molar-refractivity contribution is 5.36. The van der Waals surface area contributed by atoms with Crippen molar-refractivity contribution >= 4 is 0 Å². The molecule has 100 valence electrons. The van der Waals surface area contributed by atoms with Gasteiger partial charge >= 0.3 is 0 Å². The summed E-state index contributed by atoms with van der Waals surface area (Å²) in [6, 6.07) is 9.96. The molecule has 4 nitrogen and oxygen atoms in total. The zero-order valence-electron chi connectivity index (χ0n) is 10.9. The second-order valence-electron chi connectivity index (χ2n) is 4.17. The van der Waals surface area contributed by atoms with Gasteiger partial charge in [-0.05, 0) is 25.1 Å². The second-order valence-corrected chi connectivity index (χ2v) is 4.17. The highest BCUT2D eigenvalue weighted by atomic mass is 19.1. The van der Waals surface area contributed by atoms with Gasteiger partial charge in [0.1, 0.15) is 0 Å². The van der Waals surface area contributed by atoms with Crippen molar-refractivity contribution in [1.82, 2.24) is 10.4 Å². The van der Waals surface area contributed by atoms with Crippen LogP contribution in [0.25, 0.3) is 0 Å². The van der Waals surface area contributed by atoms with Crippen molar-refractivity contribution in [3.63, 3.8) is 0 Å². The van der Waals surface area contributed by atoms with E-state index in [-0.39, 0.29) is 5.75 Å². The molecular weight excluding hydrogens is 245 g/mol. The maximum Gasteiger partial charge on any atom is 0.170 e. The Labute approximate surface area is 111 Å². The van der Waals surface area contributed by atoms with Gasteiger partial charge in [0.15, 0.2) is 11.6 Å². The highest BCUT2D eigenvalue weighted by Crippen LogP contribution is 2.28. The minimum Gasteiger partial charge on any atom is -0.494 e. The van der Waals surface area contributed by atoms with Gasteiger partial charge in [-0.3, -0.25) is 10.8 Å². The molecule has 0 saturated carbocycles. The summed E-state index contributed by atoms with van der Waals surface area (Å²) in [5.74, 6) is 5.30. The van der Waals surface area contributed by atoms with Gasteiger partial charge < -0.3 is 4.74 Å². The molecule has 0 amide bonds. The van der Waals surface area contributed by atoms with E-state index in [1.807, 2.05) is 19.1 Å². The van der Waals surface area contributed by atoms with Crippen LogP contribution in [0.5, 0.6) is 5.75 Å². The van der Waals surface area contributed by atoms with Crippen LogP contribution in [0.2, 0.25) is 0 Å². The molecule has 2 rings (SSSR count). The molecule has 0 fully saturated rings. The van der Waals surface area contributed by atoms with Gasteiger partial charge in [0, 0.05) is 11.3 Å². The second kappa shape index (κ2) is 5.77. The smallest absolute Gasteiger partial charge is 0.170 e. The van der Waals surface area contributed by atoms with Crippen LogP contribution in [-0.4, -0.2) is 12.1 Å². The van der Waals surface area contributed by atoms with E-state index in [9.17, 15) is 4.39 Å². The molecule has 0 aliphatic heterocycles. The first-order valence-electron chi connectivity index (χ1n) is 5.89. The number of halogens is 1. The minimum atomic E-state index is -0.519. The largest absolute Gasteiger partial charge is 0.494 e. The Morgan fingerprint density at radius 1 is 1.26 bits per heavy atom. The Hall–Kier alpha value is -1.98. The fraction of sp³-hybridized carbons (Fsp3) is 0.214. The Balaban J connectivity index is 2.48. The van der Waals surface area contributed by atoms with Gasteiger partial charge in [0.25, 0.3) is 0 Å². The zero-order chi connectivity index (χ0) is 13.8. The third kappa shape index (κ3) is 2.72. The predicted molar refractivity (Wildman–Crippen MR) is 71.1 cm³/mol. The first-order chi connectivity index (χ1) is 9.17. The first kappa shape index (κ1) is 13.5. The van der Waals surface area contributed by atoms with Crippen molar-refractivity contribution in [3.05, 3.63) is 59.2 Å². The van der Waals surface area contributed by atoms with Gasteiger partial charge in [-0.25, -0.2) is 9.82 Å². The van der Waals surface area contributed by atoms with Crippen LogP contribution < -0.4 is 16.0 Å². The molecule has 1 aromatic carbocycles.